The number of phenolic OH excluding ortho intramolecular Hbond substituents is 1. The fourth-order valence-electron chi connectivity index (χ4n) is 8.03. The number of carboxylic acids is 1. The molecule has 1 aromatic heterocycles. The number of aromatic amines is 1. The van der Waals surface area contributed by atoms with Crippen LogP contribution in [0.25, 0.3) is 0 Å². The third kappa shape index (κ3) is 20.9. The summed E-state index contributed by atoms with van der Waals surface area (Å²) < 4.78 is 0. The quantitative estimate of drug-likeness (QED) is 0.0459. The number of likely N-dealkylation sites (tertiary alicyclic amines) is 1. The molecule has 1 fully saturated rings. The topological polar surface area (TPSA) is 365 Å². The molecule has 0 aliphatic carbocycles. The Labute approximate surface area is 425 Å². The number of aliphatic carboxylic acids is 1. The number of rotatable bonds is 29. The number of aromatic hydroxyl groups is 1. The summed E-state index contributed by atoms with van der Waals surface area (Å²) >= 11 is 0. The lowest BCUT2D eigenvalue weighted by atomic mass is 9.99. The molecule has 1 saturated heterocycles. The van der Waals surface area contributed by atoms with E-state index in [1.54, 1.807) is 26.0 Å². The molecule has 1 aliphatic rings. The van der Waals surface area contributed by atoms with Gasteiger partial charge >= 0.3 is 5.97 Å². The van der Waals surface area contributed by atoms with E-state index in [1.165, 1.54) is 29.6 Å². The Morgan fingerprint density at radius 2 is 1.18 bits per heavy atom. The van der Waals surface area contributed by atoms with Crippen molar-refractivity contribution in [3.63, 3.8) is 0 Å². The van der Waals surface area contributed by atoms with E-state index in [9.17, 15) is 58.2 Å². The highest BCUT2D eigenvalue weighted by molar-refractivity contribution is 5.97. The lowest BCUT2D eigenvalue weighted by Crippen LogP contribution is -2.59. The number of hydrogen-bond acceptors (Lipinski definition) is 13. The molecule has 404 valence electrons. The Balaban J connectivity index is 1.64. The van der Waals surface area contributed by atoms with Crippen LogP contribution in [0.2, 0.25) is 0 Å². The number of nitrogens with two attached hydrogens (primary N) is 1. The molecular formula is C49H76N12O12. The zero-order valence-electron chi connectivity index (χ0n) is 43.0. The molecule has 1 aliphatic heterocycles. The van der Waals surface area contributed by atoms with E-state index in [0.29, 0.717) is 17.7 Å². The minimum atomic E-state index is -1.24. The average Bonchev–Trinajstić information content (AvgIpc) is 4.03. The van der Waals surface area contributed by atoms with Crippen LogP contribution >= 0.6 is 0 Å². The highest BCUT2D eigenvalue weighted by Crippen LogP contribution is 2.21. The van der Waals surface area contributed by atoms with Crippen LogP contribution in [-0.4, -0.2) is 153 Å². The first kappa shape index (κ1) is 60.2. The SMILES string of the molecule is CC(C)C[C@H](NC(=O)[C@H](CC(C)C)NC(=O)[C@@H]1CCCN1C(=O)[C@H](Cc1cnc[nH]1)NC(=O)CNC(=O)CNC(=O)[C@H](CC(C)C)NC(=O)[C@@H](N)Cc1ccc(O)cc1)C(=O)NCC(=O)N[C@H](C(=O)O)C(C)C. The predicted molar refractivity (Wildman–Crippen MR) is 266 cm³/mol. The maximum absolute atomic E-state index is 14.3. The summed E-state index contributed by atoms with van der Waals surface area (Å²) in [5, 5.41) is 39.5. The summed E-state index contributed by atoms with van der Waals surface area (Å²) in [5.41, 5.74) is 7.28. The minimum Gasteiger partial charge on any atom is -0.508 e. The molecule has 13 N–H and O–H groups in total. The van der Waals surface area contributed by atoms with Crippen molar-refractivity contribution in [3.05, 3.63) is 48.0 Å². The Kier molecular flexibility index (Phi) is 24.3. The number of phenols is 1. The van der Waals surface area contributed by atoms with Crippen molar-refractivity contribution in [3.8, 4) is 5.75 Å². The number of aromatic nitrogens is 2. The van der Waals surface area contributed by atoms with Crippen LogP contribution in [0.1, 0.15) is 98.8 Å². The lowest BCUT2D eigenvalue weighted by molar-refractivity contribution is -0.143. The van der Waals surface area contributed by atoms with Crippen molar-refractivity contribution < 1.29 is 58.2 Å². The molecule has 0 bridgehead atoms. The van der Waals surface area contributed by atoms with Crippen molar-refractivity contribution >= 4 is 59.1 Å². The molecule has 24 heteroatoms. The average molecular weight is 1030 g/mol. The van der Waals surface area contributed by atoms with Gasteiger partial charge in [-0.15, -0.1) is 0 Å². The van der Waals surface area contributed by atoms with Crippen LogP contribution in [0.15, 0.2) is 36.8 Å². The van der Waals surface area contributed by atoms with Gasteiger partial charge in [-0.05, 0) is 79.9 Å². The molecule has 1 aromatic carbocycles. The fourth-order valence-corrected chi connectivity index (χ4v) is 8.03. The summed E-state index contributed by atoms with van der Waals surface area (Å²) in [6, 6.07) is -1.59. The standard InChI is InChI=1S/C49H76N12O12/c1-26(2)16-34(57-43(66)33(50)19-30-11-13-32(62)14-12-30)44(67)53-22-39(63)52-23-40(64)56-37(20-31-21-51-25-55-31)48(71)61-15-9-10-38(61)47(70)59-36(18-28(5)6)46(69)58-35(17-27(3)4)45(68)54-24-41(65)60-42(29(7)8)49(72)73/h11-14,21,25-29,33-38,42,62H,9-10,15-20,22-24,50H2,1-8H3,(H,51,55)(H,52,63)(H,53,67)(H,54,68)(H,56,64)(H,57,66)(H,58,69)(H,59,70)(H,60,65)(H,72,73)/t33-,34-,35-,36-,37-,38-,42-/m0/s1. The van der Waals surface area contributed by atoms with Crippen molar-refractivity contribution in [2.75, 3.05) is 26.2 Å². The van der Waals surface area contributed by atoms with Crippen LogP contribution in [0.3, 0.4) is 0 Å². The molecule has 3 rings (SSSR count). The number of carbonyl (C=O) groups excluding carboxylic acids is 9. The largest absolute Gasteiger partial charge is 0.508 e. The summed E-state index contributed by atoms with van der Waals surface area (Å²) in [7, 11) is 0. The highest BCUT2D eigenvalue weighted by Gasteiger charge is 2.40. The Hall–Kier alpha value is -7.11. The van der Waals surface area contributed by atoms with Crippen molar-refractivity contribution in [2.45, 2.75) is 143 Å². The molecule has 2 heterocycles. The highest BCUT2D eigenvalue weighted by atomic mass is 16.4. The van der Waals surface area contributed by atoms with Gasteiger partial charge in [0.25, 0.3) is 0 Å². The second-order valence-corrected chi connectivity index (χ2v) is 20.0. The number of imidazole rings is 1. The maximum Gasteiger partial charge on any atom is 0.326 e. The zero-order valence-corrected chi connectivity index (χ0v) is 43.0. The van der Waals surface area contributed by atoms with E-state index in [1.807, 2.05) is 41.5 Å². The van der Waals surface area contributed by atoms with Crippen molar-refractivity contribution in [2.24, 2.45) is 29.4 Å². The van der Waals surface area contributed by atoms with Gasteiger partial charge in [0.15, 0.2) is 0 Å². The number of nitrogens with one attached hydrogen (secondary N) is 9. The Morgan fingerprint density at radius 3 is 1.70 bits per heavy atom. The molecule has 9 amide bonds. The third-order valence-corrected chi connectivity index (χ3v) is 11.7. The van der Waals surface area contributed by atoms with Crippen molar-refractivity contribution in [1.82, 2.24) is 57.4 Å². The van der Waals surface area contributed by atoms with Crippen molar-refractivity contribution in [1.29, 1.82) is 0 Å². The monoisotopic (exact) mass is 1020 g/mol. The second-order valence-electron chi connectivity index (χ2n) is 20.0. The van der Waals surface area contributed by atoms with Gasteiger partial charge in [-0.2, -0.15) is 0 Å². The number of carboxylic acid groups (broad SMARTS) is 1. The summed E-state index contributed by atoms with van der Waals surface area (Å²) in [6.45, 7) is 12.7. The number of carbonyl (C=O) groups is 10. The second kappa shape index (κ2) is 29.4. The molecule has 2 aromatic rings. The van der Waals surface area contributed by atoms with E-state index < -0.39 is 127 Å². The van der Waals surface area contributed by atoms with E-state index in [0.717, 1.165) is 0 Å². The fraction of sp³-hybridized carbons (Fsp3) is 0.612. The molecule has 73 heavy (non-hydrogen) atoms. The molecule has 0 spiro atoms. The number of H-pyrrole nitrogens is 1. The van der Waals surface area contributed by atoms with Gasteiger partial charge in [0.2, 0.25) is 53.2 Å². The molecule has 24 nitrogen and oxygen atoms in total. The third-order valence-electron chi connectivity index (χ3n) is 11.7. The van der Waals surface area contributed by atoms with Gasteiger partial charge in [-0.1, -0.05) is 67.5 Å². The van der Waals surface area contributed by atoms with E-state index in [-0.39, 0.29) is 68.6 Å². The Bertz CT molecular complexity index is 2200. The smallest absolute Gasteiger partial charge is 0.326 e. The van der Waals surface area contributed by atoms with Crippen LogP contribution < -0.4 is 48.3 Å². The number of hydrogen-bond donors (Lipinski definition) is 12. The van der Waals surface area contributed by atoms with Crippen LogP contribution in [0.5, 0.6) is 5.75 Å². The van der Waals surface area contributed by atoms with Gasteiger partial charge in [0.05, 0.1) is 32.0 Å². The molecule has 0 unspecified atom stereocenters. The van der Waals surface area contributed by atoms with Gasteiger partial charge in [0.1, 0.15) is 42.0 Å². The van der Waals surface area contributed by atoms with Crippen LogP contribution in [-0.2, 0) is 60.8 Å². The number of benzene rings is 1. The summed E-state index contributed by atoms with van der Waals surface area (Å²) in [5.74, 6) is -7.94. The van der Waals surface area contributed by atoms with Gasteiger partial charge in [-0.3, -0.25) is 43.2 Å². The minimum absolute atomic E-state index is 0.0318. The van der Waals surface area contributed by atoms with Crippen LogP contribution in [0, 0.1) is 23.7 Å². The molecule has 0 saturated carbocycles. The normalized spacial score (nSPS) is 15.8. The maximum atomic E-state index is 14.3. The number of nitrogens with zero attached hydrogens (tertiary/aromatic N) is 2. The van der Waals surface area contributed by atoms with E-state index in [2.05, 4.69) is 52.5 Å². The summed E-state index contributed by atoms with van der Waals surface area (Å²) in [6.07, 6.45) is 4.12. The zero-order chi connectivity index (χ0) is 54.5. The number of amides is 9. The Morgan fingerprint density at radius 1 is 0.658 bits per heavy atom. The van der Waals surface area contributed by atoms with Gasteiger partial charge < -0.3 is 68.4 Å². The lowest BCUT2D eigenvalue weighted by Gasteiger charge is -2.30. The van der Waals surface area contributed by atoms with Crippen LogP contribution in [0.4, 0.5) is 0 Å². The first-order valence-electron chi connectivity index (χ1n) is 24.7. The molecule has 7 atom stereocenters. The first-order valence-corrected chi connectivity index (χ1v) is 24.7. The van der Waals surface area contributed by atoms with E-state index >= 15 is 0 Å². The summed E-state index contributed by atoms with van der Waals surface area (Å²) in [4.78, 5) is 140. The molecular weight excluding hydrogens is 949 g/mol. The van der Waals surface area contributed by atoms with Gasteiger partial charge in [-0.25, -0.2) is 9.78 Å². The predicted octanol–water partition coefficient (Wildman–Crippen LogP) is -1.13. The van der Waals surface area contributed by atoms with Gasteiger partial charge in [0, 0.05) is 24.9 Å². The first-order chi connectivity index (χ1) is 34.3. The molecule has 0 radical (unpaired) electrons. The van der Waals surface area contributed by atoms with E-state index in [4.69, 9.17) is 5.73 Å².